The molecule has 0 amide bonds. The lowest BCUT2D eigenvalue weighted by Gasteiger charge is -2.19. The van der Waals surface area contributed by atoms with Gasteiger partial charge in [-0.25, -0.2) is 4.98 Å². The molecular weight excluding hydrogens is 238 g/mol. The average molecular weight is 261 g/mol. The first kappa shape index (κ1) is 13.8. The van der Waals surface area contributed by atoms with Gasteiger partial charge < -0.3 is 5.32 Å². The fourth-order valence-corrected chi connectivity index (χ4v) is 2.33. The van der Waals surface area contributed by atoms with E-state index >= 15 is 0 Å². The van der Waals surface area contributed by atoms with Gasteiger partial charge in [-0.2, -0.15) is 14.6 Å². The fourth-order valence-electron chi connectivity index (χ4n) is 2.33. The molecule has 2 rings (SSSR count). The Bertz CT molecular complexity index is 520. The number of nitrogens with one attached hydrogen (secondary N) is 1. The van der Waals surface area contributed by atoms with Crippen LogP contribution in [0.3, 0.4) is 0 Å². The number of fused-ring (bicyclic) bond motifs is 1. The summed E-state index contributed by atoms with van der Waals surface area (Å²) in [5.74, 6) is 1.66. The molecule has 0 saturated heterocycles. The number of unbranched alkanes of at least 4 members (excludes halogenated alkanes) is 1. The fraction of sp³-hybridized carbons (Fsp3) is 0.643. The summed E-state index contributed by atoms with van der Waals surface area (Å²) in [6.07, 6.45) is 7.59. The van der Waals surface area contributed by atoms with E-state index in [1.807, 2.05) is 13.0 Å². The molecule has 19 heavy (non-hydrogen) atoms. The lowest BCUT2D eigenvalue weighted by molar-refractivity contribution is 0.561. The van der Waals surface area contributed by atoms with Gasteiger partial charge in [-0.1, -0.05) is 33.1 Å². The second-order valence-corrected chi connectivity index (χ2v) is 5.03. The van der Waals surface area contributed by atoms with Crippen LogP contribution in [0.2, 0.25) is 0 Å². The Morgan fingerprint density at radius 1 is 1.26 bits per heavy atom. The SMILES string of the molecule is CCCCC(CCC)Nc1cc(C)nc2ncnn12. The van der Waals surface area contributed by atoms with E-state index in [-0.39, 0.29) is 0 Å². The molecule has 0 aliphatic rings. The predicted molar refractivity (Wildman–Crippen MR) is 77.4 cm³/mol. The Morgan fingerprint density at radius 3 is 2.84 bits per heavy atom. The topological polar surface area (TPSA) is 55.1 Å². The predicted octanol–water partition coefficient (Wildman–Crippen LogP) is 3.20. The Labute approximate surface area is 114 Å². The highest BCUT2D eigenvalue weighted by Crippen LogP contribution is 2.16. The van der Waals surface area contributed by atoms with Crippen molar-refractivity contribution in [2.75, 3.05) is 5.32 Å². The molecule has 0 radical (unpaired) electrons. The van der Waals surface area contributed by atoms with Crippen molar-refractivity contribution >= 4 is 11.6 Å². The van der Waals surface area contributed by atoms with Crippen molar-refractivity contribution in [3.05, 3.63) is 18.1 Å². The summed E-state index contributed by atoms with van der Waals surface area (Å²) in [7, 11) is 0. The van der Waals surface area contributed by atoms with Gasteiger partial charge in [-0.15, -0.1) is 0 Å². The first-order valence-corrected chi connectivity index (χ1v) is 7.18. The van der Waals surface area contributed by atoms with Gasteiger partial charge in [0, 0.05) is 17.8 Å². The van der Waals surface area contributed by atoms with Crippen molar-refractivity contribution in [3.8, 4) is 0 Å². The molecule has 0 spiro atoms. The first-order valence-electron chi connectivity index (χ1n) is 7.18. The molecule has 2 heterocycles. The quantitative estimate of drug-likeness (QED) is 0.831. The summed E-state index contributed by atoms with van der Waals surface area (Å²) in [6.45, 7) is 6.44. The van der Waals surface area contributed by atoms with Crippen LogP contribution in [-0.4, -0.2) is 25.6 Å². The second kappa shape index (κ2) is 6.50. The molecule has 2 aromatic rings. The van der Waals surface area contributed by atoms with Gasteiger partial charge in [-0.05, 0) is 19.8 Å². The molecule has 0 aliphatic carbocycles. The Kier molecular flexibility index (Phi) is 4.71. The van der Waals surface area contributed by atoms with Gasteiger partial charge in [0.05, 0.1) is 0 Å². The van der Waals surface area contributed by atoms with Crippen LogP contribution < -0.4 is 5.32 Å². The summed E-state index contributed by atoms with van der Waals surface area (Å²) in [6, 6.07) is 2.54. The van der Waals surface area contributed by atoms with E-state index in [1.54, 1.807) is 10.8 Å². The van der Waals surface area contributed by atoms with E-state index in [4.69, 9.17) is 0 Å². The molecule has 0 aromatic carbocycles. The van der Waals surface area contributed by atoms with Crippen LogP contribution in [0.15, 0.2) is 12.4 Å². The Morgan fingerprint density at radius 2 is 2.11 bits per heavy atom. The maximum absolute atomic E-state index is 4.36. The van der Waals surface area contributed by atoms with E-state index in [0.717, 1.165) is 11.5 Å². The van der Waals surface area contributed by atoms with E-state index in [9.17, 15) is 0 Å². The maximum Gasteiger partial charge on any atom is 0.254 e. The molecule has 1 N–H and O–H groups in total. The highest BCUT2D eigenvalue weighted by molar-refractivity contribution is 5.45. The lowest BCUT2D eigenvalue weighted by Crippen LogP contribution is -2.21. The van der Waals surface area contributed by atoms with Crippen LogP contribution in [-0.2, 0) is 0 Å². The van der Waals surface area contributed by atoms with Gasteiger partial charge in [-0.3, -0.25) is 0 Å². The average Bonchev–Trinajstić information content (AvgIpc) is 2.84. The molecule has 1 unspecified atom stereocenters. The number of nitrogens with zero attached hydrogens (tertiary/aromatic N) is 4. The first-order chi connectivity index (χ1) is 9.24. The van der Waals surface area contributed by atoms with Crippen LogP contribution in [0.5, 0.6) is 0 Å². The van der Waals surface area contributed by atoms with Gasteiger partial charge in [0.2, 0.25) is 0 Å². The Hall–Kier alpha value is -1.65. The van der Waals surface area contributed by atoms with E-state index in [2.05, 4.69) is 34.2 Å². The molecule has 5 heteroatoms. The number of aromatic nitrogens is 4. The molecule has 2 aromatic heterocycles. The molecule has 0 saturated carbocycles. The number of rotatable bonds is 7. The van der Waals surface area contributed by atoms with Crippen molar-refractivity contribution in [2.45, 2.75) is 58.9 Å². The number of anilines is 1. The standard InChI is InChI=1S/C14H23N5/c1-4-6-8-12(7-5-2)18-13-9-11(3)17-14-15-10-16-19(13)14/h9-10,12,18H,4-8H2,1-3H3. The summed E-state index contributed by atoms with van der Waals surface area (Å²) < 4.78 is 1.78. The zero-order chi connectivity index (χ0) is 13.7. The van der Waals surface area contributed by atoms with Gasteiger partial charge in [0.25, 0.3) is 5.78 Å². The summed E-state index contributed by atoms with van der Waals surface area (Å²) in [5, 5.41) is 7.84. The van der Waals surface area contributed by atoms with E-state index in [1.165, 1.54) is 32.1 Å². The molecule has 5 nitrogen and oxygen atoms in total. The van der Waals surface area contributed by atoms with Crippen LogP contribution in [0.4, 0.5) is 5.82 Å². The van der Waals surface area contributed by atoms with Crippen LogP contribution in [0.1, 0.15) is 51.6 Å². The highest BCUT2D eigenvalue weighted by Gasteiger charge is 2.11. The largest absolute Gasteiger partial charge is 0.367 e. The third-order valence-corrected chi connectivity index (χ3v) is 3.28. The molecule has 0 aliphatic heterocycles. The second-order valence-electron chi connectivity index (χ2n) is 5.03. The highest BCUT2D eigenvalue weighted by atomic mass is 15.4. The zero-order valence-electron chi connectivity index (χ0n) is 12.1. The number of aryl methyl sites for hydroxylation is 1. The maximum atomic E-state index is 4.36. The van der Waals surface area contributed by atoms with E-state index < -0.39 is 0 Å². The van der Waals surface area contributed by atoms with Crippen molar-refractivity contribution in [1.82, 2.24) is 19.6 Å². The minimum absolute atomic E-state index is 0.499. The molecular formula is C14H23N5. The van der Waals surface area contributed by atoms with Crippen molar-refractivity contribution in [3.63, 3.8) is 0 Å². The minimum atomic E-state index is 0.499. The smallest absolute Gasteiger partial charge is 0.254 e. The van der Waals surface area contributed by atoms with Crippen LogP contribution in [0, 0.1) is 6.92 Å². The molecule has 0 bridgehead atoms. The summed E-state index contributed by atoms with van der Waals surface area (Å²) in [5.41, 5.74) is 0.966. The third-order valence-electron chi connectivity index (χ3n) is 3.28. The summed E-state index contributed by atoms with van der Waals surface area (Å²) in [4.78, 5) is 8.52. The third kappa shape index (κ3) is 3.43. The van der Waals surface area contributed by atoms with Gasteiger partial charge >= 0.3 is 0 Å². The molecule has 0 fully saturated rings. The van der Waals surface area contributed by atoms with E-state index in [0.29, 0.717) is 11.8 Å². The van der Waals surface area contributed by atoms with Gasteiger partial charge in [0.1, 0.15) is 12.1 Å². The zero-order valence-corrected chi connectivity index (χ0v) is 12.1. The van der Waals surface area contributed by atoms with Crippen molar-refractivity contribution in [1.29, 1.82) is 0 Å². The number of hydrogen-bond donors (Lipinski definition) is 1. The lowest BCUT2D eigenvalue weighted by atomic mass is 10.1. The monoisotopic (exact) mass is 261 g/mol. The molecule has 104 valence electrons. The Balaban J connectivity index is 2.19. The number of hydrogen-bond acceptors (Lipinski definition) is 4. The van der Waals surface area contributed by atoms with Crippen molar-refractivity contribution < 1.29 is 0 Å². The molecule has 1 atom stereocenters. The van der Waals surface area contributed by atoms with Crippen molar-refractivity contribution in [2.24, 2.45) is 0 Å². The van der Waals surface area contributed by atoms with Gasteiger partial charge in [0.15, 0.2) is 0 Å². The van der Waals surface area contributed by atoms with Crippen LogP contribution in [0.25, 0.3) is 5.78 Å². The summed E-state index contributed by atoms with van der Waals surface area (Å²) >= 11 is 0. The normalized spacial score (nSPS) is 12.8. The minimum Gasteiger partial charge on any atom is -0.367 e. The van der Waals surface area contributed by atoms with Crippen LogP contribution >= 0.6 is 0 Å².